The topological polar surface area (TPSA) is 43.1 Å². The average Bonchev–Trinajstić information content (AvgIpc) is 2.07. The lowest BCUT2D eigenvalue weighted by molar-refractivity contribution is -0.456. The van der Waals surface area contributed by atoms with Crippen LogP contribution in [0.2, 0.25) is 5.02 Å². The van der Waals surface area contributed by atoms with E-state index in [4.69, 9.17) is 11.6 Å². The summed E-state index contributed by atoms with van der Waals surface area (Å²) in [6, 6.07) is 5.39. The Morgan fingerprint density at radius 3 is 2.92 bits per heavy atom. The summed E-state index contributed by atoms with van der Waals surface area (Å²) in [6.07, 6.45) is 0. The van der Waals surface area contributed by atoms with E-state index in [0.29, 0.717) is 5.02 Å². The van der Waals surface area contributed by atoms with E-state index < -0.39 is 0 Å². The number of hydrogen-bond donors (Lipinski definition) is 0. The molecule has 0 spiro atoms. The Balaban J connectivity index is 2.77. The zero-order valence-corrected chi connectivity index (χ0v) is 8.56. The number of nitrogens with zero attached hydrogens (tertiary/aromatic N) is 1. The minimum absolute atomic E-state index is 0.124. The molecule has 0 aromatic heterocycles. The summed E-state index contributed by atoms with van der Waals surface area (Å²) >= 11 is 7.03. The van der Waals surface area contributed by atoms with Crippen molar-refractivity contribution in [2.45, 2.75) is 11.8 Å². The van der Waals surface area contributed by atoms with Gasteiger partial charge >= 0.3 is 0 Å². The third-order valence-electron chi connectivity index (χ3n) is 1.54. The molecule has 0 unspecified atom stereocenters. The lowest BCUT2D eigenvalue weighted by atomic mass is 10.2. The summed E-state index contributed by atoms with van der Waals surface area (Å²) in [5.41, 5.74) is 0.899. The molecule has 0 fully saturated rings. The Kier molecular flexibility index (Phi) is 3.57. The molecule has 0 aliphatic carbocycles. The lowest BCUT2D eigenvalue weighted by Gasteiger charge is -2.03. The van der Waals surface area contributed by atoms with Crippen LogP contribution >= 0.6 is 23.4 Å². The summed E-state index contributed by atoms with van der Waals surface area (Å²) < 4.78 is 0. The van der Waals surface area contributed by atoms with Gasteiger partial charge in [-0.25, -0.2) is 0 Å². The Hall–Kier alpha value is -0.740. The van der Waals surface area contributed by atoms with Crippen LogP contribution < -0.4 is 0 Å². The van der Waals surface area contributed by atoms with Crippen LogP contribution in [0.15, 0.2) is 23.1 Å². The fourth-order valence-corrected chi connectivity index (χ4v) is 1.84. The van der Waals surface area contributed by atoms with Crippen molar-refractivity contribution >= 4 is 23.4 Å². The molecular weight excluding hydrogens is 210 g/mol. The highest BCUT2D eigenvalue weighted by atomic mass is 35.5. The molecule has 0 aliphatic rings. The van der Waals surface area contributed by atoms with E-state index in [1.54, 1.807) is 12.1 Å². The summed E-state index contributed by atoms with van der Waals surface area (Å²) in [4.78, 5) is 10.6. The molecule has 5 heteroatoms. The van der Waals surface area contributed by atoms with Gasteiger partial charge in [-0.15, -0.1) is 0 Å². The van der Waals surface area contributed by atoms with Gasteiger partial charge in [0.2, 0.25) is 0 Å². The molecule has 0 atom stereocenters. The number of nitro groups is 1. The smallest absolute Gasteiger partial charge is 0.253 e. The van der Waals surface area contributed by atoms with E-state index >= 15 is 0 Å². The quantitative estimate of drug-likeness (QED) is 0.338. The van der Waals surface area contributed by atoms with Gasteiger partial charge in [0.05, 0.1) is 0 Å². The van der Waals surface area contributed by atoms with Crippen LogP contribution in [0.1, 0.15) is 5.56 Å². The van der Waals surface area contributed by atoms with Crippen molar-refractivity contribution in [1.29, 1.82) is 0 Å². The first kappa shape index (κ1) is 10.3. The molecule has 70 valence electrons. The zero-order chi connectivity index (χ0) is 9.84. The normalized spacial score (nSPS) is 10.0. The monoisotopic (exact) mass is 217 g/mol. The van der Waals surface area contributed by atoms with Crippen molar-refractivity contribution in [1.82, 2.24) is 0 Å². The number of rotatable bonds is 3. The van der Waals surface area contributed by atoms with E-state index in [1.807, 2.05) is 13.0 Å². The zero-order valence-electron chi connectivity index (χ0n) is 6.99. The van der Waals surface area contributed by atoms with Crippen molar-refractivity contribution in [3.05, 3.63) is 38.9 Å². The lowest BCUT2D eigenvalue weighted by Crippen LogP contribution is -1.95. The molecular formula is C8H8ClNO2S. The van der Waals surface area contributed by atoms with E-state index in [0.717, 1.165) is 10.5 Å². The van der Waals surface area contributed by atoms with E-state index in [-0.39, 0.29) is 10.8 Å². The van der Waals surface area contributed by atoms with Gasteiger partial charge in [-0.2, -0.15) is 0 Å². The molecule has 0 amide bonds. The maximum atomic E-state index is 10.1. The van der Waals surface area contributed by atoms with Crippen LogP contribution in [0.3, 0.4) is 0 Å². The molecule has 1 aromatic rings. The van der Waals surface area contributed by atoms with Gasteiger partial charge in [0.15, 0.2) is 0 Å². The van der Waals surface area contributed by atoms with Crippen LogP contribution in [0.25, 0.3) is 0 Å². The fraction of sp³-hybridized carbons (Fsp3) is 0.250. The number of benzene rings is 1. The van der Waals surface area contributed by atoms with E-state index in [2.05, 4.69) is 0 Å². The van der Waals surface area contributed by atoms with Crippen LogP contribution in [0.5, 0.6) is 0 Å². The van der Waals surface area contributed by atoms with Crippen molar-refractivity contribution in [3.63, 3.8) is 0 Å². The van der Waals surface area contributed by atoms with Crippen LogP contribution in [0.4, 0.5) is 0 Å². The second-order valence-electron chi connectivity index (χ2n) is 2.47. The van der Waals surface area contributed by atoms with E-state index in [1.165, 1.54) is 11.8 Å². The molecule has 0 saturated heterocycles. The highest BCUT2D eigenvalue weighted by Crippen LogP contribution is 2.27. The minimum Gasteiger partial charge on any atom is -0.264 e. The maximum absolute atomic E-state index is 10.1. The Bertz CT molecular complexity index is 330. The van der Waals surface area contributed by atoms with Crippen LogP contribution in [-0.2, 0) is 0 Å². The van der Waals surface area contributed by atoms with Crippen LogP contribution in [-0.4, -0.2) is 10.8 Å². The van der Waals surface area contributed by atoms with Gasteiger partial charge in [-0.1, -0.05) is 17.7 Å². The second-order valence-corrected chi connectivity index (χ2v) is 3.86. The van der Waals surface area contributed by atoms with Crippen molar-refractivity contribution in [2.75, 3.05) is 5.88 Å². The molecule has 0 heterocycles. The van der Waals surface area contributed by atoms with Crippen molar-refractivity contribution < 1.29 is 4.92 Å². The first-order valence-electron chi connectivity index (χ1n) is 3.61. The molecule has 0 saturated carbocycles. The van der Waals surface area contributed by atoms with E-state index in [9.17, 15) is 10.1 Å². The first-order chi connectivity index (χ1) is 6.11. The van der Waals surface area contributed by atoms with Crippen LogP contribution in [0, 0.1) is 17.0 Å². The summed E-state index contributed by atoms with van der Waals surface area (Å²) in [5, 5.41) is 10.8. The Labute approximate surface area is 85.2 Å². The number of halogens is 1. The van der Waals surface area contributed by atoms with Gasteiger partial charge in [0.1, 0.15) is 0 Å². The molecule has 0 bridgehead atoms. The molecule has 3 nitrogen and oxygen atoms in total. The molecule has 0 aliphatic heterocycles. The predicted octanol–water partition coefficient (Wildman–Crippen LogP) is 2.97. The molecule has 1 rings (SSSR count). The average molecular weight is 218 g/mol. The van der Waals surface area contributed by atoms with Gasteiger partial charge in [0.25, 0.3) is 5.88 Å². The maximum Gasteiger partial charge on any atom is 0.253 e. The molecule has 0 radical (unpaired) electrons. The second kappa shape index (κ2) is 4.48. The number of hydrogen-bond acceptors (Lipinski definition) is 3. The highest BCUT2D eigenvalue weighted by molar-refractivity contribution is 7.99. The summed E-state index contributed by atoms with van der Waals surface area (Å²) in [7, 11) is 0. The predicted molar refractivity (Wildman–Crippen MR) is 53.9 cm³/mol. The van der Waals surface area contributed by atoms with Crippen molar-refractivity contribution in [2.24, 2.45) is 0 Å². The SMILES string of the molecule is Cc1c(Cl)cccc1SC[N+](=O)[O-]. The molecule has 1 aromatic carbocycles. The minimum atomic E-state index is -0.356. The summed E-state index contributed by atoms with van der Waals surface area (Å²) in [5.74, 6) is -0.124. The van der Waals surface area contributed by atoms with Crippen molar-refractivity contribution in [3.8, 4) is 0 Å². The van der Waals surface area contributed by atoms with Gasteiger partial charge < -0.3 is 0 Å². The largest absolute Gasteiger partial charge is 0.264 e. The Morgan fingerprint density at radius 2 is 2.31 bits per heavy atom. The fourth-order valence-electron chi connectivity index (χ4n) is 0.866. The molecule has 13 heavy (non-hydrogen) atoms. The first-order valence-corrected chi connectivity index (χ1v) is 4.97. The van der Waals surface area contributed by atoms with Gasteiger partial charge in [-0.3, -0.25) is 10.1 Å². The van der Waals surface area contributed by atoms with Gasteiger partial charge in [-0.05, 0) is 36.4 Å². The highest BCUT2D eigenvalue weighted by Gasteiger charge is 2.05. The third-order valence-corrected chi connectivity index (χ3v) is 3.05. The summed E-state index contributed by atoms with van der Waals surface area (Å²) in [6.45, 7) is 1.85. The molecule has 0 N–H and O–H groups in total. The Morgan fingerprint density at radius 1 is 1.62 bits per heavy atom. The third kappa shape index (κ3) is 2.90. The van der Waals surface area contributed by atoms with Gasteiger partial charge in [0, 0.05) is 14.8 Å². The number of thioether (sulfide) groups is 1. The standard InChI is InChI=1S/C8H8ClNO2S/c1-6-7(9)3-2-4-8(6)13-5-10(11)12/h2-4H,5H2,1H3.